The summed E-state index contributed by atoms with van der Waals surface area (Å²) >= 11 is 0. The molecular formula is C11H11FN2O2. The summed E-state index contributed by atoms with van der Waals surface area (Å²) in [4.78, 5) is 11.2. The van der Waals surface area contributed by atoms with Crippen LogP contribution in [0.1, 0.15) is 19.4 Å². The van der Waals surface area contributed by atoms with Gasteiger partial charge in [-0.2, -0.15) is 5.26 Å². The summed E-state index contributed by atoms with van der Waals surface area (Å²) in [6, 6.07) is 5.36. The highest BCUT2D eigenvalue weighted by Crippen LogP contribution is 2.16. The van der Waals surface area contributed by atoms with E-state index in [1.165, 1.54) is 6.07 Å². The number of benzene rings is 1. The van der Waals surface area contributed by atoms with Crippen LogP contribution in [0.2, 0.25) is 0 Å². The van der Waals surface area contributed by atoms with E-state index in [-0.39, 0.29) is 17.4 Å². The second kappa shape index (κ2) is 5.12. The average molecular weight is 222 g/mol. The predicted molar refractivity (Wildman–Crippen MR) is 56.4 cm³/mol. The SMILES string of the molecule is CC(C)OC(=O)Nc1cc(F)ccc1C#N. The van der Waals surface area contributed by atoms with Gasteiger partial charge in [-0.15, -0.1) is 0 Å². The van der Waals surface area contributed by atoms with E-state index in [0.29, 0.717) is 0 Å². The fourth-order valence-corrected chi connectivity index (χ4v) is 1.07. The van der Waals surface area contributed by atoms with Crippen molar-refractivity contribution < 1.29 is 13.9 Å². The molecule has 0 atom stereocenters. The summed E-state index contributed by atoms with van der Waals surface area (Å²) in [5.41, 5.74) is 0.287. The number of amides is 1. The van der Waals surface area contributed by atoms with Gasteiger partial charge in [0, 0.05) is 0 Å². The second-order valence-electron chi connectivity index (χ2n) is 3.38. The molecule has 0 unspecified atom stereocenters. The van der Waals surface area contributed by atoms with E-state index >= 15 is 0 Å². The lowest BCUT2D eigenvalue weighted by Gasteiger charge is -2.10. The number of nitrogens with one attached hydrogen (secondary N) is 1. The Morgan fingerprint density at radius 2 is 2.25 bits per heavy atom. The zero-order valence-corrected chi connectivity index (χ0v) is 8.95. The lowest BCUT2D eigenvalue weighted by molar-refractivity contribution is 0.130. The molecule has 0 saturated heterocycles. The summed E-state index contributed by atoms with van der Waals surface area (Å²) < 4.78 is 17.7. The van der Waals surface area contributed by atoms with Gasteiger partial charge in [-0.25, -0.2) is 9.18 Å². The van der Waals surface area contributed by atoms with Crippen molar-refractivity contribution in [3.63, 3.8) is 0 Å². The average Bonchev–Trinajstić information content (AvgIpc) is 2.16. The third kappa shape index (κ3) is 3.24. The topological polar surface area (TPSA) is 62.1 Å². The predicted octanol–water partition coefficient (Wildman–Crippen LogP) is 2.65. The van der Waals surface area contributed by atoms with Crippen molar-refractivity contribution in [3.05, 3.63) is 29.6 Å². The first-order chi connectivity index (χ1) is 7.52. The molecule has 0 bridgehead atoms. The molecule has 1 aromatic carbocycles. The van der Waals surface area contributed by atoms with Crippen molar-refractivity contribution in [1.29, 1.82) is 5.26 Å². The number of hydrogen-bond acceptors (Lipinski definition) is 3. The summed E-state index contributed by atoms with van der Waals surface area (Å²) in [6.45, 7) is 3.38. The van der Waals surface area contributed by atoms with Crippen molar-refractivity contribution in [3.8, 4) is 6.07 Å². The highest BCUT2D eigenvalue weighted by molar-refractivity contribution is 5.86. The van der Waals surface area contributed by atoms with Gasteiger partial charge in [0.05, 0.1) is 17.4 Å². The maximum atomic E-state index is 12.9. The zero-order valence-electron chi connectivity index (χ0n) is 8.95. The van der Waals surface area contributed by atoms with Crippen LogP contribution in [0.5, 0.6) is 0 Å². The molecule has 0 aliphatic carbocycles. The number of rotatable bonds is 2. The zero-order chi connectivity index (χ0) is 12.1. The van der Waals surface area contributed by atoms with E-state index in [4.69, 9.17) is 10.00 Å². The number of anilines is 1. The van der Waals surface area contributed by atoms with Gasteiger partial charge in [0.25, 0.3) is 0 Å². The minimum absolute atomic E-state index is 0.105. The molecule has 0 aliphatic rings. The van der Waals surface area contributed by atoms with Crippen LogP contribution in [-0.4, -0.2) is 12.2 Å². The van der Waals surface area contributed by atoms with E-state index in [2.05, 4.69) is 5.32 Å². The Hall–Kier alpha value is -2.09. The molecule has 16 heavy (non-hydrogen) atoms. The third-order valence-corrected chi connectivity index (χ3v) is 1.68. The molecule has 4 nitrogen and oxygen atoms in total. The smallest absolute Gasteiger partial charge is 0.411 e. The van der Waals surface area contributed by atoms with Crippen LogP contribution in [-0.2, 0) is 4.74 Å². The van der Waals surface area contributed by atoms with E-state index in [1.54, 1.807) is 13.8 Å². The maximum absolute atomic E-state index is 12.9. The number of nitrogens with zero attached hydrogens (tertiary/aromatic N) is 1. The van der Waals surface area contributed by atoms with Crippen LogP contribution in [0, 0.1) is 17.1 Å². The lowest BCUT2D eigenvalue weighted by Crippen LogP contribution is -2.18. The van der Waals surface area contributed by atoms with Crippen LogP contribution in [0.3, 0.4) is 0 Å². The highest BCUT2D eigenvalue weighted by atomic mass is 19.1. The van der Waals surface area contributed by atoms with Crippen molar-refractivity contribution in [1.82, 2.24) is 0 Å². The van der Waals surface area contributed by atoms with Crippen LogP contribution in [0.4, 0.5) is 14.9 Å². The van der Waals surface area contributed by atoms with E-state index in [0.717, 1.165) is 12.1 Å². The standard InChI is InChI=1S/C11H11FN2O2/c1-7(2)16-11(15)14-10-5-9(12)4-3-8(10)6-13/h3-5,7H,1-2H3,(H,14,15). The van der Waals surface area contributed by atoms with Gasteiger partial charge >= 0.3 is 6.09 Å². The summed E-state index contributed by atoms with van der Waals surface area (Å²) in [5, 5.41) is 11.0. The monoisotopic (exact) mass is 222 g/mol. The minimum Gasteiger partial charge on any atom is -0.447 e. The van der Waals surface area contributed by atoms with Gasteiger partial charge in [0.15, 0.2) is 0 Å². The van der Waals surface area contributed by atoms with Crippen LogP contribution >= 0.6 is 0 Å². The van der Waals surface area contributed by atoms with Gasteiger partial charge in [-0.05, 0) is 32.0 Å². The molecule has 1 N–H and O–H groups in total. The Balaban J connectivity index is 2.84. The number of halogens is 1. The third-order valence-electron chi connectivity index (χ3n) is 1.68. The number of hydrogen-bond donors (Lipinski definition) is 1. The van der Waals surface area contributed by atoms with Crippen molar-refractivity contribution >= 4 is 11.8 Å². The van der Waals surface area contributed by atoms with Gasteiger partial charge in [-0.3, -0.25) is 5.32 Å². The normalized spacial score (nSPS) is 9.69. The minimum atomic E-state index is -0.711. The molecule has 0 radical (unpaired) electrons. The molecule has 0 spiro atoms. The first kappa shape index (κ1) is 12.0. The Morgan fingerprint density at radius 3 is 2.81 bits per heavy atom. The van der Waals surface area contributed by atoms with E-state index in [9.17, 15) is 9.18 Å². The molecular weight excluding hydrogens is 211 g/mol. The molecule has 84 valence electrons. The quantitative estimate of drug-likeness (QED) is 0.836. The first-order valence-electron chi connectivity index (χ1n) is 4.70. The van der Waals surface area contributed by atoms with Gasteiger partial charge in [0.1, 0.15) is 11.9 Å². The van der Waals surface area contributed by atoms with E-state index < -0.39 is 11.9 Å². The summed E-state index contributed by atoms with van der Waals surface area (Å²) in [7, 11) is 0. The highest BCUT2D eigenvalue weighted by Gasteiger charge is 2.09. The van der Waals surface area contributed by atoms with Crippen molar-refractivity contribution in [2.45, 2.75) is 20.0 Å². The van der Waals surface area contributed by atoms with Crippen LogP contribution < -0.4 is 5.32 Å². The second-order valence-corrected chi connectivity index (χ2v) is 3.38. The first-order valence-corrected chi connectivity index (χ1v) is 4.70. The molecule has 0 saturated carbocycles. The van der Waals surface area contributed by atoms with Crippen LogP contribution in [0.15, 0.2) is 18.2 Å². The van der Waals surface area contributed by atoms with Gasteiger partial charge < -0.3 is 4.74 Å². The largest absolute Gasteiger partial charge is 0.447 e. The molecule has 1 amide bonds. The fraction of sp³-hybridized carbons (Fsp3) is 0.273. The molecule has 5 heteroatoms. The molecule has 1 rings (SSSR count). The Morgan fingerprint density at radius 1 is 1.56 bits per heavy atom. The molecule has 0 fully saturated rings. The summed E-state index contributed by atoms with van der Waals surface area (Å²) in [5.74, 6) is -0.529. The van der Waals surface area contributed by atoms with Gasteiger partial charge in [-0.1, -0.05) is 0 Å². The van der Waals surface area contributed by atoms with Crippen molar-refractivity contribution in [2.75, 3.05) is 5.32 Å². The lowest BCUT2D eigenvalue weighted by atomic mass is 10.2. The van der Waals surface area contributed by atoms with Crippen molar-refractivity contribution in [2.24, 2.45) is 0 Å². The number of nitriles is 1. The molecule has 0 aliphatic heterocycles. The fourth-order valence-electron chi connectivity index (χ4n) is 1.07. The summed E-state index contributed by atoms with van der Waals surface area (Å²) in [6.07, 6.45) is -0.990. The molecule has 0 heterocycles. The van der Waals surface area contributed by atoms with Gasteiger partial charge in [0.2, 0.25) is 0 Å². The Kier molecular flexibility index (Phi) is 3.84. The number of carbonyl (C=O) groups is 1. The number of carbonyl (C=O) groups excluding carboxylic acids is 1. The molecule has 1 aromatic rings. The Bertz CT molecular complexity index is 438. The molecule has 0 aromatic heterocycles. The maximum Gasteiger partial charge on any atom is 0.411 e. The number of ether oxygens (including phenoxy) is 1. The van der Waals surface area contributed by atoms with Crippen LogP contribution in [0.25, 0.3) is 0 Å². The Labute approximate surface area is 92.6 Å². The van der Waals surface area contributed by atoms with E-state index in [1.807, 2.05) is 6.07 Å².